The van der Waals surface area contributed by atoms with Gasteiger partial charge in [0.15, 0.2) is 0 Å². The zero-order valence-corrected chi connectivity index (χ0v) is 19.3. The van der Waals surface area contributed by atoms with E-state index in [2.05, 4.69) is 18.7 Å². The van der Waals surface area contributed by atoms with Gasteiger partial charge in [0.05, 0.1) is 31.0 Å². The van der Waals surface area contributed by atoms with Gasteiger partial charge in [0, 0.05) is 35.6 Å². The van der Waals surface area contributed by atoms with Crippen molar-refractivity contribution in [2.75, 3.05) is 32.8 Å². The highest BCUT2D eigenvalue weighted by molar-refractivity contribution is 6.01. The number of hydrogen-bond donors (Lipinski definition) is 1. The van der Waals surface area contributed by atoms with Crippen LogP contribution in [-0.2, 0) is 4.74 Å². The van der Waals surface area contributed by atoms with Crippen LogP contribution in [0.3, 0.4) is 0 Å². The quantitative estimate of drug-likeness (QED) is 0.621. The van der Waals surface area contributed by atoms with E-state index in [1.165, 1.54) is 4.57 Å². The Morgan fingerprint density at radius 1 is 1.06 bits per heavy atom. The predicted octanol–water partition coefficient (Wildman–Crippen LogP) is 3.84. The number of nitrogens with zero attached hydrogens (tertiary/aromatic N) is 3. The number of benzene rings is 2. The van der Waals surface area contributed by atoms with Crippen LogP contribution in [0.15, 0.2) is 52.3 Å². The largest absolute Gasteiger partial charge is 0.494 e. The molecule has 0 bridgehead atoms. The van der Waals surface area contributed by atoms with Gasteiger partial charge in [-0.1, -0.05) is 24.3 Å². The number of hydrogen-bond acceptors (Lipinski definition) is 5. The summed E-state index contributed by atoms with van der Waals surface area (Å²) in [7, 11) is 0. The van der Waals surface area contributed by atoms with Gasteiger partial charge in [-0.05, 0) is 57.0 Å². The van der Waals surface area contributed by atoms with Crippen molar-refractivity contribution in [3.05, 3.63) is 69.5 Å². The van der Waals surface area contributed by atoms with E-state index in [0.717, 1.165) is 37.4 Å². The van der Waals surface area contributed by atoms with Crippen LogP contribution >= 0.6 is 0 Å². The Balaban J connectivity index is 1.78. The normalized spacial score (nSPS) is 15.6. The fraction of sp³-hybridized carbons (Fsp3) is 0.385. The lowest BCUT2D eigenvalue weighted by Gasteiger charge is -2.39. The van der Waals surface area contributed by atoms with Gasteiger partial charge in [0.2, 0.25) is 5.88 Å². The number of aromatic hydroxyl groups is 1. The Hall–Kier alpha value is -2.96. The molecule has 6 heteroatoms. The van der Waals surface area contributed by atoms with E-state index in [-0.39, 0.29) is 17.0 Å². The highest BCUT2D eigenvalue weighted by Crippen LogP contribution is 2.27. The van der Waals surface area contributed by atoms with Gasteiger partial charge in [-0.15, -0.1) is 0 Å². The molecular weight excluding hydrogens is 402 g/mol. The molecule has 0 spiro atoms. The molecule has 0 atom stereocenters. The summed E-state index contributed by atoms with van der Waals surface area (Å²) in [6.07, 6.45) is 1.71. The number of ether oxygens (including phenoxy) is 1. The molecule has 0 saturated carbocycles. The smallest absolute Gasteiger partial charge is 0.265 e. The predicted molar refractivity (Wildman–Crippen MR) is 130 cm³/mol. The first kappa shape index (κ1) is 22.2. The maximum atomic E-state index is 13.3. The summed E-state index contributed by atoms with van der Waals surface area (Å²) in [4.78, 5) is 20.4. The first-order valence-corrected chi connectivity index (χ1v) is 11.1. The second kappa shape index (κ2) is 8.88. The Kier molecular flexibility index (Phi) is 6.17. The molecule has 0 amide bonds. The van der Waals surface area contributed by atoms with Crippen molar-refractivity contribution in [2.24, 2.45) is 4.99 Å². The molecule has 1 saturated heterocycles. The van der Waals surface area contributed by atoms with Crippen molar-refractivity contribution in [3.63, 3.8) is 0 Å². The molecule has 168 valence electrons. The standard InChI is InChI=1S/C26H31N3O3/c1-18-9-10-20(15-19(18)2)29-24(30)22-8-6-5-7-21(22)23(25(29)31)16-27-17-26(3,4)28-11-13-32-14-12-28/h5-10,15-16,31H,11-14,17H2,1-4H3. The van der Waals surface area contributed by atoms with Crippen molar-refractivity contribution in [1.29, 1.82) is 0 Å². The Morgan fingerprint density at radius 2 is 1.75 bits per heavy atom. The van der Waals surface area contributed by atoms with Crippen LogP contribution in [0.2, 0.25) is 0 Å². The summed E-state index contributed by atoms with van der Waals surface area (Å²) in [6.45, 7) is 12.2. The van der Waals surface area contributed by atoms with Crippen LogP contribution in [-0.4, -0.2) is 59.2 Å². The number of pyridine rings is 1. The van der Waals surface area contributed by atoms with Crippen molar-refractivity contribution in [3.8, 4) is 11.6 Å². The summed E-state index contributed by atoms with van der Waals surface area (Å²) in [6, 6.07) is 13.1. The highest BCUT2D eigenvalue weighted by Gasteiger charge is 2.27. The van der Waals surface area contributed by atoms with Gasteiger partial charge < -0.3 is 9.84 Å². The van der Waals surface area contributed by atoms with Crippen LogP contribution in [0, 0.1) is 13.8 Å². The van der Waals surface area contributed by atoms with E-state index in [1.54, 1.807) is 12.3 Å². The van der Waals surface area contributed by atoms with Crippen LogP contribution in [0.1, 0.15) is 30.5 Å². The number of rotatable bonds is 5. The molecule has 0 radical (unpaired) electrons. The molecule has 0 unspecified atom stereocenters. The molecule has 2 aromatic carbocycles. The molecule has 1 fully saturated rings. The van der Waals surface area contributed by atoms with Crippen molar-refractivity contribution in [1.82, 2.24) is 9.47 Å². The van der Waals surface area contributed by atoms with Gasteiger partial charge in [-0.2, -0.15) is 0 Å². The second-order valence-corrected chi connectivity index (χ2v) is 9.07. The first-order valence-electron chi connectivity index (χ1n) is 11.1. The molecule has 6 nitrogen and oxygen atoms in total. The maximum Gasteiger partial charge on any atom is 0.265 e. The first-order chi connectivity index (χ1) is 15.3. The third-order valence-electron chi connectivity index (χ3n) is 6.42. The summed E-state index contributed by atoms with van der Waals surface area (Å²) in [5.41, 5.74) is 3.01. The number of aryl methyl sites for hydroxylation is 2. The van der Waals surface area contributed by atoms with Gasteiger partial charge in [0.1, 0.15) is 0 Å². The summed E-state index contributed by atoms with van der Waals surface area (Å²) in [5, 5.41) is 12.5. The lowest BCUT2D eigenvalue weighted by atomic mass is 10.0. The summed E-state index contributed by atoms with van der Waals surface area (Å²) < 4.78 is 6.85. The number of morpholine rings is 1. The molecule has 1 aliphatic heterocycles. The third kappa shape index (κ3) is 4.20. The summed E-state index contributed by atoms with van der Waals surface area (Å²) in [5.74, 6) is -0.0927. The van der Waals surface area contributed by atoms with Gasteiger partial charge in [-0.3, -0.25) is 14.7 Å². The van der Waals surface area contributed by atoms with E-state index < -0.39 is 0 Å². The van der Waals surface area contributed by atoms with Crippen LogP contribution in [0.5, 0.6) is 5.88 Å². The zero-order valence-electron chi connectivity index (χ0n) is 19.3. The molecular formula is C26H31N3O3. The minimum absolute atomic E-state index is 0.0927. The fourth-order valence-corrected chi connectivity index (χ4v) is 4.22. The lowest BCUT2D eigenvalue weighted by molar-refractivity contribution is -0.00676. The van der Waals surface area contributed by atoms with E-state index in [0.29, 0.717) is 28.6 Å². The molecule has 32 heavy (non-hydrogen) atoms. The number of fused-ring (bicyclic) bond motifs is 1. The summed E-state index contributed by atoms with van der Waals surface area (Å²) >= 11 is 0. The molecule has 1 aliphatic rings. The molecule has 1 N–H and O–H groups in total. The number of aliphatic imine (C=N–C) groups is 1. The van der Waals surface area contributed by atoms with Crippen molar-refractivity contribution in [2.45, 2.75) is 33.2 Å². The average Bonchev–Trinajstić information content (AvgIpc) is 2.79. The van der Waals surface area contributed by atoms with Crippen molar-refractivity contribution >= 4 is 17.0 Å². The van der Waals surface area contributed by atoms with Gasteiger partial charge >= 0.3 is 0 Å². The zero-order chi connectivity index (χ0) is 22.9. The third-order valence-corrected chi connectivity index (χ3v) is 6.42. The minimum atomic E-state index is -0.243. The molecule has 2 heterocycles. The Bertz CT molecular complexity index is 1220. The fourth-order valence-electron chi connectivity index (χ4n) is 4.22. The molecule has 1 aromatic heterocycles. The van der Waals surface area contributed by atoms with Gasteiger partial charge in [0.25, 0.3) is 5.56 Å². The van der Waals surface area contributed by atoms with Crippen molar-refractivity contribution < 1.29 is 9.84 Å². The Labute approximate surface area is 188 Å². The average molecular weight is 434 g/mol. The van der Waals surface area contributed by atoms with Crippen LogP contribution in [0.25, 0.3) is 16.5 Å². The lowest BCUT2D eigenvalue weighted by Crippen LogP contribution is -2.51. The second-order valence-electron chi connectivity index (χ2n) is 9.07. The van der Waals surface area contributed by atoms with Crippen LogP contribution < -0.4 is 5.56 Å². The SMILES string of the molecule is Cc1ccc(-n2c(O)c(C=NCC(C)(C)N3CCOCC3)c3ccccc3c2=O)cc1C. The van der Waals surface area contributed by atoms with Gasteiger partial charge in [-0.25, -0.2) is 4.57 Å². The van der Waals surface area contributed by atoms with E-state index in [4.69, 9.17) is 9.73 Å². The highest BCUT2D eigenvalue weighted by atomic mass is 16.5. The van der Waals surface area contributed by atoms with Crippen LogP contribution in [0.4, 0.5) is 0 Å². The molecule has 4 rings (SSSR count). The van der Waals surface area contributed by atoms with E-state index in [9.17, 15) is 9.90 Å². The molecule has 3 aromatic rings. The molecule has 0 aliphatic carbocycles. The number of aromatic nitrogens is 1. The maximum absolute atomic E-state index is 13.3. The minimum Gasteiger partial charge on any atom is -0.494 e. The topological polar surface area (TPSA) is 67.1 Å². The van der Waals surface area contributed by atoms with E-state index in [1.807, 2.05) is 50.2 Å². The Morgan fingerprint density at radius 3 is 2.44 bits per heavy atom. The monoisotopic (exact) mass is 433 g/mol. The van der Waals surface area contributed by atoms with E-state index >= 15 is 0 Å².